The van der Waals surface area contributed by atoms with Crippen molar-refractivity contribution in [3.63, 3.8) is 0 Å². The van der Waals surface area contributed by atoms with Crippen LogP contribution in [0.2, 0.25) is 0 Å². The fourth-order valence-electron chi connectivity index (χ4n) is 6.23. The largest absolute Gasteiger partial charge is 1.00 e. The Hall–Kier alpha value is -2.01. The first-order chi connectivity index (χ1) is 18.5. The van der Waals surface area contributed by atoms with Crippen LogP contribution in [0.15, 0.2) is 66.0 Å². The molecule has 0 N–H and O–H groups in total. The Morgan fingerprint density at radius 1 is 0.659 bits per heavy atom. The molecule has 6 rings (SSSR count). The van der Waals surface area contributed by atoms with Gasteiger partial charge in [-0.1, -0.05) is 0 Å². The molecule has 0 spiro atoms. The molecule has 1 aromatic heterocycles. The van der Waals surface area contributed by atoms with Crippen molar-refractivity contribution in [2.45, 2.75) is 72.1 Å². The molecule has 0 bridgehead atoms. The smallest absolute Gasteiger partial charge is 1.00 e. The summed E-state index contributed by atoms with van der Waals surface area (Å²) in [4.78, 5) is 1.31. The number of thiophene rings is 1. The molecule has 1 aliphatic rings. The predicted octanol–water partition coefficient (Wildman–Crippen LogP) is 4.14. The van der Waals surface area contributed by atoms with Crippen molar-refractivity contribution in [2.24, 2.45) is 0 Å². The van der Waals surface area contributed by atoms with Gasteiger partial charge in [0.25, 0.3) is 0 Å². The number of hydrogen-bond donors (Lipinski definition) is 0. The molecule has 0 fully saturated rings. The molecule has 0 saturated heterocycles. The summed E-state index contributed by atoms with van der Waals surface area (Å²) < 4.78 is 13.7. The summed E-state index contributed by atoms with van der Waals surface area (Å²) in [5, 5.41) is 7.20. The Kier molecular flexibility index (Phi) is 9.02. The van der Waals surface area contributed by atoms with Crippen LogP contribution >= 0.6 is 11.3 Å². The number of benzene rings is 4. The minimum Gasteiger partial charge on any atom is -1.00 e. The van der Waals surface area contributed by atoms with Gasteiger partial charge in [0.2, 0.25) is 0 Å². The zero-order valence-electron chi connectivity index (χ0n) is 24.9. The van der Waals surface area contributed by atoms with Gasteiger partial charge in [-0.3, -0.25) is 0 Å². The molecular weight excluding hydrogens is 603 g/mol. The van der Waals surface area contributed by atoms with Crippen molar-refractivity contribution in [3.8, 4) is 11.5 Å². The van der Waals surface area contributed by atoms with E-state index in [2.05, 4.69) is 121 Å². The summed E-state index contributed by atoms with van der Waals surface area (Å²) in [6.45, 7) is 18.3. The van der Waals surface area contributed by atoms with Crippen molar-refractivity contribution in [3.05, 3.63) is 104 Å². The van der Waals surface area contributed by atoms with Gasteiger partial charge in [-0.25, -0.2) is 0 Å². The second-order valence-electron chi connectivity index (χ2n) is 12.9. The fraction of sp³-hybridized carbons (Fsp3) is 0.314. The minimum absolute atomic E-state index is 0. The molecule has 4 aromatic carbocycles. The van der Waals surface area contributed by atoms with Gasteiger partial charge in [0.05, 0.1) is 0 Å². The molecule has 2 nitrogen and oxygen atoms in total. The van der Waals surface area contributed by atoms with Crippen LogP contribution in [0.5, 0.6) is 11.5 Å². The Bertz CT molecular complexity index is 1620. The molecule has 41 heavy (non-hydrogen) atoms. The Morgan fingerprint density at radius 3 is 1.51 bits per heavy atom. The van der Waals surface area contributed by atoms with E-state index in [0.29, 0.717) is 0 Å². The number of halogens is 2. The topological polar surface area (TPSA) is 18.5 Å². The first-order valence-electron chi connectivity index (χ1n) is 13.7. The van der Waals surface area contributed by atoms with E-state index in [4.69, 9.17) is 6.64 Å². The molecule has 6 heteroatoms. The number of aryl methyl sites for hydroxylation is 2. The average Bonchev–Trinajstić information content (AvgIpc) is 3.39. The summed E-state index contributed by atoms with van der Waals surface area (Å²) in [6, 6.07) is 22.6. The maximum Gasteiger partial charge on any atom is -1.00 e. The van der Waals surface area contributed by atoms with Crippen molar-refractivity contribution in [2.75, 3.05) is 0 Å². The summed E-state index contributed by atoms with van der Waals surface area (Å²) in [5.41, 5.74) is 7.69. The molecule has 212 valence electrons. The number of fused-ring (bicyclic) bond motifs is 6. The van der Waals surface area contributed by atoms with Crippen LogP contribution in [0, 0.1) is 13.8 Å². The summed E-state index contributed by atoms with van der Waals surface area (Å²) >= 11 is 0.596. The molecule has 5 aromatic rings. The molecule has 0 amide bonds. The normalized spacial score (nSPS) is 13.3. The second-order valence-corrected chi connectivity index (χ2v) is 14.8. The molecule has 0 radical (unpaired) electrons. The van der Waals surface area contributed by atoms with Gasteiger partial charge in [-0.2, -0.15) is 0 Å². The first-order valence-corrected chi connectivity index (χ1v) is 15.9. The molecule has 2 heterocycles. The van der Waals surface area contributed by atoms with Crippen molar-refractivity contribution in [1.29, 1.82) is 0 Å². The minimum atomic E-state index is -1.22. The van der Waals surface area contributed by atoms with Crippen molar-refractivity contribution in [1.82, 2.24) is 0 Å². The Labute approximate surface area is 270 Å². The van der Waals surface area contributed by atoms with Crippen LogP contribution < -0.4 is 31.5 Å². The van der Waals surface area contributed by atoms with E-state index in [1.807, 2.05) is 11.3 Å². The molecular formula is C35H36Cl2O2STi. The van der Waals surface area contributed by atoms with Crippen LogP contribution in [-0.2, 0) is 30.8 Å². The van der Waals surface area contributed by atoms with Gasteiger partial charge in [0.1, 0.15) is 0 Å². The average molecular weight is 640 g/mol. The van der Waals surface area contributed by atoms with Crippen molar-refractivity contribution >= 4 is 32.9 Å². The number of rotatable bonds is 1. The van der Waals surface area contributed by atoms with E-state index < -0.39 is 19.9 Å². The van der Waals surface area contributed by atoms with E-state index in [-0.39, 0.29) is 41.6 Å². The maximum atomic E-state index is 6.83. The van der Waals surface area contributed by atoms with E-state index in [1.165, 1.54) is 59.8 Å². The SMILES string of the molecule is Cc1cc2c(c3c(C(C)(C)C)cccc13)[O][Ti+2][O]c1c(cc(C)c3cccc(C(C)(C)C)c13)C2c1cccs1.[Cl-].[Cl-]. The summed E-state index contributed by atoms with van der Waals surface area (Å²) in [7, 11) is 0. The van der Waals surface area contributed by atoms with Gasteiger partial charge < -0.3 is 24.8 Å². The molecule has 0 aliphatic carbocycles. The summed E-state index contributed by atoms with van der Waals surface area (Å²) in [6.07, 6.45) is 0. The van der Waals surface area contributed by atoms with E-state index >= 15 is 0 Å². The zero-order chi connectivity index (χ0) is 27.7. The quantitative estimate of drug-likeness (QED) is 0.257. The Morgan fingerprint density at radius 2 is 1.12 bits per heavy atom. The Balaban J connectivity index is 0.00000194. The van der Waals surface area contributed by atoms with Gasteiger partial charge in [-0.15, -0.1) is 0 Å². The van der Waals surface area contributed by atoms with Crippen LogP contribution in [0.1, 0.15) is 85.7 Å². The van der Waals surface area contributed by atoms with E-state index in [9.17, 15) is 0 Å². The molecule has 0 atom stereocenters. The standard InChI is InChI=1S/C35H38O2S.2ClH.Ti/c1-20-18-24(32(36)30-22(20)12-9-14-26(30)34(3,4)5)29(28-16-11-17-38-28)25-19-21(2)23-13-10-15-27(35(6,7)8)31(23)33(25)37;;;/h9-19,29,36-37H,1-8H3;2*1H;/q;;;+4/p-4. The maximum absolute atomic E-state index is 6.83. The second kappa shape index (κ2) is 11.6. The predicted molar refractivity (Wildman–Crippen MR) is 161 cm³/mol. The third-order valence-electron chi connectivity index (χ3n) is 8.05. The van der Waals surface area contributed by atoms with Crippen LogP contribution in [0.4, 0.5) is 0 Å². The fourth-order valence-corrected chi connectivity index (χ4v) is 8.10. The van der Waals surface area contributed by atoms with Gasteiger partial charge >= 0.3 is 247 Å². The molecule has 0 unspecified atom stereocenters. The van der Waals surface area contributed by atoms with Gasteiger partial charge in [0.15, 0.2) is 0 Å². The third kappa shape index (κ3) is 5.45. The van der Waals surface area contributed by atoms with E-state index in [1.54, 1.807) is 0 Å². The monoisotopic (exact) mass is 638 g/mol. The molecule has 1 aliphatic heterocycles. The molecule has 0 saturated carbocycles. The zero-order valence-corrected chi connectivity index (χ0v) is 28.8. The van der Waals surface area contributed by atoms with Crippen LogP contribution in [0.25, 0.3) is 21.5 Å². The van der Waals surface area contributed by atoms with Crippen LogP contribution in [-0.4, -0.2) is 0 Å². The van der Waals surface area contributed by atoms with Gasteiger partial charge in [0, 0.05) is 0 Å². The number of hydrogen-bond acceptors (Lipinski definition) is 3. The van der Waals surface area contributed by atoms with Gasteiger partial charge in [-0.05, 0) is 0 Å². The van der Waals surface area contributed by atoms with Crippen LogP contribution in [0.3, 0.4) is 0 Å². The first kappa shape index (κ1) is 31.9. The third-order valence-corrected chi connectivity index (χ3v) is 9.89. The van der Waals surface area contributed by atoms with E-state index in [0.717, 1.165) is 11.5 Å². The summed E-state index contributed by atoms with van der Waals surface area (Å²) in [5.74, 6) is 2.04. The van der Waals surface area contributed by atoms with Crippen molar-refractivity contribution < 1.29 is 51.4 Å².